The number of thioether (sulfide) groups is 1. The molecular weight excluding hydrogens is 362 g/mol. The largest absolute Gasteiger partial charge is 0.497 e. The van der Waals surface area contributed by atoms with Crippen LogP contribution in [0.1, 0.15) is 5.56 Å². The fourth-order valence-corrected chi connectivity index (χ4v) is 3.40. The predicted molar refractivity (Wildman–Crippen MR) is 107 cm³/mol. The van der Waals surface area contributed by atoms with Crippen LogP contribution in [0.15, 0.2) is 60.0 Å². The first-order valence-corrected chi connectivity index (χ1v) is 9.35. The third-order valence-electron chi connectivity index (χ3n) is 4.00. The number of hydrogen-bond donors (Lipinski definition) is 1. The van der Waals surface area contributed by atoms with Crippen LogP contribution in [-0.4, -0.2) is 35.4 Å². The van der Waals surface area contributed by atoms with Gasteiger partial charge in [0.2, 0.25) is 5.91 Å². The summed E-state index contributed by atoms with van der Waals surface area (Å²) in [6.07, 6.45) is 3.63. The quantitative estimate of drug-likeness (QED) is 0.626. The Morgan fingerprint density at radius 3 is 2.74 bits per heavy atom. The summed E-state index contributed by atoms with van der Waals surface area (Å²) in [7, 11) is 3.14. The van der Waals surface area contributed by atoms with Gasteiger partial charge in [-0.15, -0.1) is 0 Å². The number of para-hydroxylation sites is 1. The molecule has 140 valence electrons. The van der Waals surface area contributed by atoms with E-state index in [1.807, 2.05) is 42.0 Å². The first-order chi connectivity index (χ1) is 13.1. The van der Waals surface area contributed by atoms with Crippen molar-refractivity contribution in [3.05, 3.63) is 60.4 Å². The Balaban J connectivity index is 1.68. The molecule has 0 atom stereocenters. The van der Waals surface area contributed by atoms with Crippen molar-refractivity contribution >= 4 is 23.4 Å². The second-order valence-electron chi connectivity index (χ2n) is 5.77. The molecule has 6 nitrogen and oxygen atoms in total. The zero-order chi connectivity index (χ0) is 19.2. The van der Waals surface area contributed by atoms with Gasteiger partial charge in [0.15, 0.2) is 5.16 Å². The van der Waals surface area contributed by atoms with Gasteiger partial charge in [0.1, 0.15) is 11.5 Å². The fraction of sp³-hybridized carbons (Fsp3) is 0.200. The summed E-state index contributed by atoms with van der Waals surface area (Å²) < 4.78 is 12.5. The highest BCUT2D eigenvalue weighted by molar-refractivity contribution is 7.99. The number of nitrogens with zero attached hydrogens (tertiary/aromatic N) is 2. The number of anilines is 1. The number of rotatable bonds is 7. The molecule has 0 spiro atoms. The van der Waals surface area contributed by atoms with Crippen molar-refractivity contribution in [1.82, 2.24) is 9.55 Å². The third kappa shape index (κ3) is 4.43. The Morgan fingerprint density at radius 2 is 2.00 bits per heavy atom. The van der Waals surface area contributed by atoms with Crippen LogP contribution in [0.5, 0.6) is 11.5 Å². The van der Waals surface area contributed by atoms with E-state index in [1.54, 1.807) is 38.6 Å². The highest BCUT2D eigenvalue weighted by Gasteiger charge is 2.12. The van der Waals surface area contributed by atoms with Crippen molar-refractivity contribution in [2.75, 3.05) is 25.3 Å². The van der Waals surface area contributed by atoms with E-state index in [9.17, 15) is 4.79 Å². The molecule has 0 aliphatic rings. The number of aromatic nitrogens is 2. The molecule has 2 aromatic carbocycles. The molecule has 1 amide bonds. The topological polar surface area (TPSA) is 65.4 Å². The molecule has 0 radical (unpaired) electrons. The van der Waals surface area contributed by atoms with Gasteiger partial charge in [0, 0.05) is 18.5 Å². The maximum atomic E-state index is 12.4. The maximum absolute atomic E-state index is 12.4. The lowest BCUT2D eigenvalue weighted by atomic mass is 10.2. The molecule has 27 heavy (non-hydrogen) atoms. The molecule has 1 N–H and O–H groups in total. The molecule has 0 aliphatic heterocycles. The number of nitrogens with one attached hydrogen (secondary N) is 1. The van der Waals surface area contributed by atoms with Crippen LogP contribution in [-0.2, 0) is 4.79 Å². The Bertz CT molecular complexity index is 940. The number of carbonyl (C=O) groups excluding carboxylic acids is 1. The summed E-state index contributed by atoms with van der Waals surface area (Å²) in [4.78, 5) is 16.8. The molecule has 0 unspecified atom stereocenters. The van der Waals surface area contributed by atoms with Crippen LogP contribution in [0, 0.1) is 6.92 Å². The average Bonchev–Trinajstić information content (AvgIpc) is 3.15. The molecule has 7 heteroatoms. The van der Waals surface area contributed by atoms with Crippen molar-refractivity contribution in [1.29, 1.82) is 0 Å². The number of amides is 1. The van der Waals surface area contributed by atoms with E-state index < -0.39 is 0 Å². The highest BCUT2D eigenvalue weighted by Crippen LogP contribution is 2.29. The van der Waals surface area contributed by atoms with Crippen molar-refractivity contribution in [2.45, 2.75) is 12.1 Å². The van der Waals surface area contributed by atoms with Gasteiger partial charge in [-0.1, -0.05) is 30.0 Å². The van der Waals surface area contributed by atoms with E-state index in [2.05, 4.69) is 10.3 Å². The summed E-state index contributed by atoms with van der Waals surface area (Å²) in [5.74, 6) is 1.31. The number of carbonyl (C=O) groups is 1. The second-order valence-corrected chi connectivity index (χ2v) is 6.71. The van der Waals surface area contributed by atoms with E-state index in [-0.39, 0.29) is 11.7 Å². The van der Waals surface area contributed by atoms with Crippen molar-refractivity contribution < 1.29 is 14.3 Å². The van der Waals surface area contributed by atoms with E-state index in [4.69, 9.17) is 9.47 Å². The van der Waals surface area contributed by atoms with Gasteiger partial charge in [-0.25, -0.2) is 4.98 Å². The molecule has 0 fully saturated rings. The summed E-state index contributed by atoms with van der Waals surface area (Å²) in [5, 5.41) is 3.63. The van der Waals surface area contributed by atoms with Gasteiger partial charge in [0.25, 0.3) is 0 Å². The lowest BCUT2D eigenvalue weighted by molar-refractivity contribution is -0.113. The lowest BCUT2D eigenvalue weighted by Gasteiger charge is -2.12. The van der Waals surface area contributed by atoms with Crippen LogP contribution in [0.4, 0.5) is 5.69 Å². The third-order valence-corrected chi connectivity index (χ3v) is 4.96. The molecule has 0 bridgehead atoms. The zero-order valence-electron chi connectivity index (χ0n) is 15.4. The Morgan fingerprint density at radius 1 is 1.19 bits per heavy atom. The van der Waals surface area contributed by atoms with Crippen LogP contribution in [0.3, 0.4) is 0 Å². The van der Waals surface area contributed by atoms with Gasteiger partial charge in [0.05, 0.1) is 31.3 Å². The number of ether oxygens (including phenoxy) is 2. The smallest absolute Gasteiger partial charge is 0.234 e. The summed E-state index contributed by atoms with van der Waals surface area (Å²) in [6.45, 7) is 2.05. The minimum Gasteiger partial charge on any atom is -0.497 e. The molecule has 0 aliphatic carbocycles. The average molecular weight is 383 g/mol. The number of benzene rings is 2. The van der Waals surface area contributed by atoms with Gasteiger partial charge >= 0.3 is 0 Å². The lowest BCUT2D eigenvalue weighted by Crippen LogP contribution is -2.15. The SMILES string of the molecule is COc1ccc(NC(=O)CSc2nccn2-c2ccccc2C)c(OC)c1. The normalized spacial score (nSPS) is 10.5. The standard InChI is InChI=1S/C20H21N3O3S/c1-14-6-4-5-7-17(14)23-11-10-21-20(23)27-13-19(24)22-16-9-8-15(25-2)12-18(16)26-3/h4-12H,13H2,1-3H3,(H,22,24). The van der Waals surface area contributed by atoms with E-state index in [1.165, 1.54) is 11.8 Å². The van der Waals surface area contributed by atoms with Gasteiger partial charge in [-0.05, 0) is 30.7 Å². The van der Waals surface area contributed by atoms with E-state index in [0.29, 0.717) is 17.2 Å². The van der Waals surface area contributed by atoms with Crippen LogP contribution in [0.25, 0.3) is 5.69 Å². The molecule has 3 rings (SSSR count). The molecular formula is C20H21N3O3S. The minimum absolute atomic E-state index is 0.136. The molecule has 1 heterocycles. The predicted octanol–water partition coefficient (Wildman–Crippen LogP) is 3.93. The Hall–Kier alpha value is -2.93. The summed E-state index contributed by atoms with van der Waals surface area (Å²) in [6, 6.07) is 13.3. The maximum Gasteiger partial charge on any atom is 0.234 e. The van der Waals surface area contributed by atoms with Gasteiger partial charge < -0.3 is 14.8 Å². The van der Waals surface area contributed by atoms with Crippen molar-refractivity contribution in [2.24, 2.45) is 0 Å². The van der Waals surface area contributed by atoms with Crippen molar-refractivity contribution in [3.8, 4) is 17.2 Å². The summed E-state index contributed by atoms with van der Waals surface area (Å²) in [5.41, 5.74) is 2.80. The van der Waals surface area contributed by atoms with Gasteiger partial charge in [-0.2, -0.15) is 0 Å². The monoisotopic (exact) mass is 383 g/mol. The van der Waals surface area contributed by atoms with E-state index >= 15 is 0 Å². The second kappa shape index (κ2) is 8.64. The number of hydrogen-bond acceptors (Lipinski definition) is 5. The first-order valence-electron chi connectivity index (χ1n) is 8.36. The Labute approximate surface area is 162 Å². The fourth-order valence-electron chi connectivity index (χ4n) is 2.63. The molecule has 0 saturated heterocycles. The first kappa shape index (κ1) is 18.8. The van der Waals surface area contributed by atoms with Crippen LogP contribution < -0.4 is 14.8 Å². The number of methoxy groups -OCH3 is 2. The zero-order valence-corrected chi connectivity index (χ0v) is 16.2. The Kier molecular flexibility index (Phi) is 6.03. The highest BCUT2D eigenvalue weighted by atomic mass is 32.2. The number of imidazole rings is 1. The molecule has 0 saturated carbocycles. The minimum atomic E-state index is -0.136. The van der Waals surface area contributed by atoms with E-state index in [0.717, 1.165) is 16.4 Å². The van der Waals surface area contributed by atoms with Crippen LogP contribution in [0.2, 0.25) is 0 Å². The van der Waals surface area contributed by atoms with Crippen LogP contribution >= 0.6 is 11.8 Å². The molecule has 3 aromatic rings. The van der Waals surface area contributed by atoms with Gasteiger partial charge in [-0.3, -0.25) is 9.36 Å². The molecule has 1 aromatic heterocycles. The van der Waals surface area contributed by atoms with Crippen molar-refractivity contribution in [3.63, 3.8) is 0 Å². The summed E-state index contributed by atoms with van der Waals surface area (Å²) >= 11 is 1.38. The number of aryl methyl sites for hydroxylation is 1.